The average Bonchev–Trinajstić information content (AvgIpc) is 2.73. The fourth-order valence-electron chi connectivity index (χ4n) is 2.85. The lowest BCUT2D eigenvalue weighted by Crippen LogP contribution is -2.54. The average molecular weight is 524 g/mol. The van der Waals surface area contributed by atoms with Gasteiger partial charge in [0, 0.05) is 6.07 Å². The first-order chi connectivity index (χ1) is 14.3. The molecule has 2 aromatic rings. The summed E-state index contributed by atoms with van der Waals surface area (Å²) in [5.74, 6) is -0.916. The van der Waals surface area contributed by atoms with E-state index in [4.69, 9.17) is 14.2 Å². The quantitative estimate of drug-likeness (QED) is 0.351. The number of methoxy groups -OCH3 is 3. The second kappa shape index (κ2) is 8.61. The Hall–Kier alpha value is -3.28. The number of carbonyl (C=O) groups is 3. The maximum atomic E-state index is 13.1. The van der Waals surface area contributed by atoms with Crippen LogP contribution in [0.3, 0.4) is 0 Å². The second-order valence-corrected chi connectivity index (χ2v) is 7.21. The minimum atomic E-state index is -0.911. The zero-order valence-corrected chi connectivity index (χ0v) is 18.3. The molecule has 4 amide bonds. The second-order valence-electron chi connectivity index (χ2n) is 6.05. The minimum absolute atomic E-state index is 0.0578. The molecule has 1 fully saturated rings. The van der Waals surface area contributed by atoms with Gasteiger partial charge in [-0.25, -0.2) is 9.69 Å². The Labute approximate surface area is 185 Å². The third kappa shape index (κ3) is 3.90. The number of hydrogen-bond donors (Lipinski definition) is 2. The fraction of sp³-hybridized carbons (Fsp3) is 0.150. The summed E-state index contributed by atoms with van der Waals surface area (Å²) in [6.45, 7) is 0. The Morgan fingerprint density at radius 3 is 2.33 bits per heavy atom. The first-order valence-electron chi connectivity index (χ1n) is 8.50. The van der Waals surface area contributed by atoms with Gasteiger partial charge in [-0.15, -0.1) is 0 Å². The summed E-state index contributed by atoms with van der Waals surface area (Å²) in [5.41, 5.74) is 0.276. The van der Waals surface area contributed by atoms with E-state index in [2.05, 4.69) is 5.32 Å². The number of nitrogens with zero attached hydrogens (tertiary/aromatic N) is 1. The van der Waals surface area contributed by atoms with Crippen molar-refractivity contribution in [2.24, 2.45) is 0 Å². The summed E-state index contributed by atoms with van der Waals surface area (Å²) in [5, 5.41) is 12.1. The highest BCUT2D eigenvalue weighted by Crippen LogP contribution is 2.36. The summed E-state index contributed by atoms with van der Waals surface area (Å²) in [7, 11) is 4.22. The van der Waals surface area contributed by atoms with E-state index in [1.54, 1.807) is 18.2 Å². The van der Waals surface area contributed by atoms with E-state index in [9.17, 15) is 19.5 Å². The number of urea groups is 1. The van der Waals surface area contributed by atoms with Gasteiger partial charge >= 0.3 is 6.03 Å². The number of phenolic OH excluding ortho intramolecular Hbond substituents is 1. The van der Waals surface area contributed by atoms with Crippen LogP contribution in [0.25, 0.3) is 6.08 Å². The number of aromatic hydroxyl groups is 1. The topological polar surface area (TPSA) is 114 Å². The number of nitrogens with one attached hydrogen (secondary N) is 1. The van der Waals surface area contributed by atoms with Gasteiger partial charge in [-0.2, -0.15) is 0 Å². The third-order valence-corrected chi connectivity index (χ3v) is 5.13. The van der Waals surface area contributed by atoms with Gasteiger partial charge in [0.15, 0.2) is 11.5 Å². The lowest BCUT2D eigenvalue weighted by Gasteiger charge is -2.27. The molecule has 0 radical (unpaired) electrons. The normalized spacial score (nSPS) is 15.3. The molecule has 9 nitrogen and oxygen atoms in total. The number of amides is 4. The van der Waals surface area contributed by atoms with Crippen molar-refractivity contribution in [3.63, 3.8) is 0 Å². The summed E-state index contributed by atoms with van der Waals surface area (Å²) in [6, 6.07) is 6.74. The molecule has 30 heavy (non-hydrogen) atoms. The Balaban J connectivity index is 2.10. The number of imide groups is 2. The highest BCUT2D eigenvalue weighted by Gasteiger charge is 2.38. The Morgan fingerprint density at radius 1 is 1.00 bits per heavy atom. The van der Waals surface area contributed by atoms with E-state index in [-0.39, 0.29) is 28.5 Å². The number of rotatable bonds is 5. The van der Waals surface area contributed by atoms with E-state index >= 15 is 0 Å². The predicted molar refractivity (Wildman–Crippen MR) is 116 cm³/mol. The molecule has 1 aliphatic heterocycles. The largest absolute Gasteiger partial charge is 0.504 e. The molecule has 0 aliphatic carbocycles. The van der Waals surface area contributed by atoms with E-state index < -0.39 is 17.8 Å². The number of ether oxygens (including phenoxy) is 3. The maximum Gasteiger partial charge on any atom is 0.336 e. The molecule has 2 aromatic carbocycles. The first-order valence-corrected chi connectivity index (χ1v) is 9.58. The highest BCUT2D eigenvalue weighted by molar-refractivity contribution is 14.1. The van der Waals surface area contributed by atoms with Crippen molar-refractivity contribution in [1.82, 2.24) is 5.32 Å². The molecule has 3 rings (SSSR count). The summed E-state index contributed by atoms with van der Waals surface area (Å²) < 4.78 is 16.0. The predicted octanol–water partition coefficient (Wildman–Crippen LogP) is 2.69. The molecule has 1 heterocycles. The number of benzene rings is 2. The van der Waals surface area contributed by atoms with Crippen LogP contribution in [0.5, 0.6) is 23.0 Å². The lowest BCUT2D eigenvalue weighted by atomic mass is 10.1. The van der Waals surface area contributed by atoms with Crippen molar-refractivity contribution in [1.29, 1.82) is 0 Å². The van der Waals surface area contributed by atoms with Crippen LogP contribution in [0.15, 0.2) is 35.9 Å². The van der Waals surface area contributed by atoms with Crippen molar-refractivity contribution < 1.29 is 33.7 Å². The van der Waals surface area contributed by atoms with Gasteiger partial charge in [-0.1, -0.05) is 0 Å². The summed E-state index contributed by atoms with van der Waals surface area (Å²) in [6.07, 6.45) is 1.31. The molecule has 2 N–H and O–H groups in total. The fourth-order valence-corrected chi connectivity index (χ4v) is 3.47. The minimum Gasteiger partial charge on any atom is -0.504 e. The van der Waals surface area contributed by atoms with Crippen LogP contribution in [0.1, 0.15) is 5.56 Å². The van der Waals surface area contributed by atoms with Crippen LogP contribution in [0.4, 0.5) is 10.5 Å². The van der Waals surface area contributed by atoms with Gasteiger partial charge in [0.05, 0.1) is 30.6 Å². The summed E-state index contributed by atoms with van der Waals surface area (Å²) >= 11 is 1.90. The first kappa shape index (κ1) is 21.4. The molecule has 0 bridgehead atoms. The van der Waals surface area contributed by atoms with Crippen molar-refractivity contribution in [2.45, 2.75) is 0 Å². The number of carbonyl (C=O) groups excluding carboxylic acids is 3. The molecule has 0 unspecified atom stereocenters. The van der Waals surface area contributed by atoms with Gasteiger partial charge in [0.1, 0.15) is 17.1 Å². The van der Waals surface area contributed by atoms with E-state index in [0.717, 1.165) is 4.90 Å². The molecule has 156 valence electrons. The molecular weight excluding hydrogens is 507 g/mol. The van der Waals surface area contributed by atoms with Gasteiger partial charge in [-0.05, 0) is 58.5 Å². The maximum absolute atomic E-state index is 13.1. The van der Waals surface area contributed by atoms with Gasteiger partial charge in [0.2, 0.25) is 0 Å². The van der Waals surface area contributed by atoms with Crippen LogP contribution in [0, 0.1) is 3.57 Å². The highest BCUT2D eigenvalue weighted by atomic mass is 127. The Bertz CT molecular complexity index is 1080. The SMILES string of the molecule is COc1ccc(OC)c(N2C(=O)NC(=O)/C(=C/c3cc(I)c(O)c(OC)c3)C2=O)c1. The van der Waals surface area contributed by atoms with E-state index in [1.165, 1.54) is 39.5 Å². The molecule has 0 aromatic heterocycles. The smallest absolute Gasteiger partial charge is 0.336 e. The lowest BCUT2D eigenvalue weighted by molar-refractivity contribution is -0.122. The van der Waals surface area contributed by atoms with Crippen LogP contribution >= 0.6 is 22.6 Å². The van der Waals surface area contributed by atoms with Gasteiger partial charge in [-0.3, -0.25) is 14.9 Å². The number of anilines is 1. The Kier molecular flexibility index (Phi) is 6.15. The molecule has 1 saturated heterocycles. The number of hydrogen-bond acceptors (Lipinski definition) is 7. The zero-order valence-electron chi connectivity index (χ0n) is 16.2. The standard InChI is InChI=1S/C20H17IN2O7/c1-28-11-4-5-15(29-2)14(9-11)23-19(26)12(18(25)22-20(23)27)6-10-7-13(21)17(24)16(8-10)30-3/h4-9,24H,1-3H3,(H,22,25,27)/b12-6-. The van der Waals surface area contributed by atoms with Crippen LogP contribution in [0.2, 0.25) is 0 Å². The number of halogens is 1. The monoisotopic (exact) mass is 524 g/mol. The molecular formula is C20H17IN2O7. The van der Waals surface area contributed by atoms with Gasteiger partial charge < -0.3 is 19.3 Å². The molecule has 0 saturated carbocycles. The van der Waals surface area contributed by atoms with Crippen LogP contribution in [-0.2, 0) is 9.59 Å². The van der Waals surface area contributed by atoms with Crippen molar-refractivity contribution in [2.75, 3.05) is 26.2 Å². The van der Waals surface area contributed by atoms with Crippen molar-refractivity contribution in [3.05, 3.63) is 45.0 Å². The van der Waals surface area contributed by atoms with Crippen LogP contribution < -0.4 is 24.4 Å². The Morgan fingerprint density at radius 2 is 1.70 bits per heavy atom. The number of phenols is 1. The van der Waals surface area contributed by atoms with Crippen molar-refractivity contribution >= 4 is 52.2 Å². The zero-order chi connectivity index (χ0) is 22.0. The van der Waals surface area contributed by atoms with Gasteiger partial charge in [0.25, 0.3) is 11.8 Å². The number of barbiturate groups is 1. The van der Waals surface area contributed by atoms with E-state index in [1.807, 2.05) is 22.6 Å². The molecule has 0 spiro atoms. The van der Waals surface area contributed by atoms with E-state index in [0.29, 0.717) is 14.9 Å². The molecule has 10 heteroatoms. The van der Waals surface area contributed by atoms with Crippen LogP contribution in [-0.4, -0.2) is 44.3 Å². The molecule has 1 aliphatic rings. The molecule has 0 atom stereocenters. The third-order valence-electron chi connectivity index (χ3n) is 4.31. The summed E-state index contributed by atoms with van der Waals surface area (Å²) in [4.78, 5) is 38.8. The van der Waals surface area contributed by atoms with Crippen molar-refractivity contribution in [3.8, 4) is 23.0 Å².